The lowest BCUT2D eigenvalue weighted by atomic mass is 10.1. The normalized spacial score (nSPS) is 10.6. The van der Waals surface area contributed by atoms with Crippen LogP contribution in [-0.2, 0) is 11.4 Å². The van der Waals surface area contributed by atoms with E-state index in [0.29, 0.717) is 5.75 Å². The maximum absolute atomic E-state index is 11.5. The number of amides is 1. The molecule has 0 aliphatic carbocycles. The molecule has 4 heteroatoms. The van der Waals surface area contributed by atoms with E-state index in [9.17, 15) is 4.79 Å². The highest BCUT2D eigenvalue weighted by Crippen LogP contribution is 2.24. The van der Waals surface area contributed by atoms with Crippen molar-refractivity contribution in [1.29, 1.82) is 0 Å². The molecule has 0 atom stereocenters. The third kappa shape index (κ3) is 4.04. The Kier molecular flexibility index (Phi) is 5.16. The molecule has 1 aromatic carbocycles. The molecular weight excluding hydrogens is 230 g/mol. The van der Waals surface area contributed by atoms with Crippen molar-refractivity contribution in [3.63, 3.8) is 0 Å². The molecular formula is C14H21NO3. The highest BCUT2D eigenvalue weighted by molar-refractivity contribution is 5.77. The highest BCUT2D eigenvalue weighted by Gasteiger charge is 2.09. The first kappa shape index (κ1) is 14.5. The van der Waals surface area contributed by atoms with Crippen LogP contribution in [0, 0.1) is 13.8 Å². The van der Waals surface area contributed by atoms with E-state index in [1.165, 1.54) is 0 Å². The van der Waals surface area contributed by atoms with E-state index < -0.39 is 0 Å². The first-order valence-corrected chi connectivity index (χ1v) is 6.07. The van der Waals surface area contributed by atoms with Crippen molar-refractivity contribution in [2.75, 3.05) is 6.61 Å². The smallest absolute Gasteiger partial charge is 0.258 e. The molecule has 0 unspecified atom stereocenters. The summed E-state index contributed by atoms with van der Waals surface area (Å²) in [5.74, 6) is 0.584. The van der Waals surface area contributed by atoms with Crippen LogP contribution >= 0.6 is 0 Å². The fourth-order valence-electron chi connectivity index (χ4n) is 1.86. The SMILES string of the molecule is Cc1cc(CO)cc(C)c1OCC(=O)NC(C)C. The number of rotatable bonds is 5. The number of aliphatic hydroxyl groups excluding tert-OH is 1. The van der Waals surface area contributed by atoms with Gasteiger partial charge in [0, 0.05) is 6.04 Å². The topological polar surface area (TPSA) is 58.6 Å². The molecule has 0 aliphatic rings. The van der Waals surface area contributed by atoms with E-state index in [1.807, 2.05) is 39.8 Å². The van der Waals surface area contributed by atoms with Gasteiger partial charge in [-0.3, -0.25) is 4.79 Å². The maximum Gasteiger partial charge on any atom is 0.258 e. The molecule has 0 fully saturated rings. The standard InChI is InChI=1S/C14H21NO3/c1-9(2)15-13(17)8-18-14-10(3)5-12(7-16)6-11(14)4/h5-6,9,16H,7-8H2,1-4H3,(H,15,17). The van der Waals surface area contributed by atoms with Gasteiger partial charge >= 0.3 is 0 Å². The Balaban J connectivity index is 2.70. The number of carbonyl (C=O) groups excluding carboxylic acids is 1. The average Bonchev–Trinajstić information content (AvgIpc) is 2.26. The van der Waals surface area contributed by atoms with Gasteiger partial charge in [0.2, 0.25) is 0 Å². The summed E-state index contributed by atoms with van der Waals surface area (Å²) in [6, 6.07) is 3.84. The molecule has 0 aliphatic heterocycles. The number of nitrogens with one attached hydrogen (secondary N) is 1. The minimum atomic E-state index is -0.130. The molecule has 0 bridgehead atoms. The zero-order chi connectivity index (χ0) is 13.7. The van der Waals surface area contributed by atoms with Gasteiger partial charge in [0.15, 0.2) is 6.61 Å². The van der Waals surface area contributed by atoms with E-state index in [1.54, 1.807) is 0 Å². The summed E-state index contributed by atoms with van der Waals surface area (Å²) in [6.45, 7) is 7.65. The van der Waals surface area contributed by atoms with Gasteiger partial charge in [0.25, 0.3) is 5.91 Å². The van der Waals surface area contributed by atoms with E-state index in [2.05, 4.69) is 5.32 Å². The van der Waals surface area contributed by atoms with Crippen molar-refractivity contribution < 1.29 is 14.6 Å². The summed E-state index contributed by atoms with van der Waals surface area (Å²) in [5, 5.41) is 11.9. The number of hydrogen-bond acceptors (Lipinski definition) is 3. The second kappa shape index (κ2) is 6.40. The Morgan fingerprint density at radius 3 is 2.33 bits per heavy atom. The van der Waals surface area contributed by atoms with E-state index in [-0.39, 0.29) is 25.2 Å². The quantitative estimate of drug-likeness (QED) is 0.837. The Labute approximate surface area is 108 Å². The first-order chi connectivity index (χ1) is 8.43. The molecule has 4 nitrogen and oxygen atoms in total. The fraction of sp³-hybridized carbons (Fsp3) is 0.500. The molecule has 0 radical (unpaired) electrons. The summed E-state index contributed by atoms with van der Waals surface area (Å²) >= 11 is 0. The molecule has 0 saturated heterocycles. The minimum Gasteiger partial charge on any atom is -0.483 e. The van der Waals surface area contributed by atoms with Crippen LogP contribution in [0.15, 0.2) is 12.1 Å². The Morgan fingerprint density at radius 2 is 1.89 bits per heavy atom. The third-order valence-corrected chi connectivity index (χ3v) is 2.50. The van der Waals surface area contributed by atoms with Crippen molar-refractivity contribution in [2.24, 2.45) is 0 Å². The number of carbonyl (C=O) groups is 1. The predicted octanol–water partition coefficient (Wildman–Crippen LogP) is 1.70. The summed E-state index contributed by atoms with van der Waals surface area (Å²) in [4.78, 5) is 11.5. The largest absolute Gasteiger partial charge is 0.483 e. The van der Waals surface area contributed by atoms with Crippen molar-refractivity contribution in [3.05, 3.63) is 28.8 Å². The maximum atomic E-state index is 11.5. The second-order valence-electron chi connectivity index (χ2n) is 4.73. The van der Waals surface area contributed by atoms with Gasteiger partial charge in [-0.2, -0.15) is 0 Å². The first-order valence-electron chi connectivity index (χ1n) is 6.07. The fourth-order valence-corrected chi connectivity index (χ4v) is 1.86. The molecule has 1 amide bonds. The van der Waals surface area contributed by atoms with Gasteiger partial charge in [-0.15, -0.1) is 0 Å². The van der Waals surface area contributed by atoms with Crippen molar-refractivity contribution in [2.45, 2.75) is 40.3 Å². The summed E-state index contributed by atoms with van der Waals surface area (Å²) in [6.07, 6.45) is 0. The second-order valence-corrected chi connectivity index (χ2v) is 4.73. The monoisotopic (exact) mass is 251 g/mol. The number of ether oxygens (including phenoxy) is 1. The van der Waals surface area contributed by atoms with Crippen LogP contribution in [0.2, 0.25) is 0 Å². The Bertz CT molecular complexity index is 404. The molecule has 0 heterocycles. The van der Waals surface area contributed by atoms with Gasteiger partial charge in [0.1, 0.15) is 5.75 Å². The minimum absolute atomic E-state index is 0.00972. The number of aliphatic hydroxyl groups is 1. The molecule has 1 aromatic rings. The van der Waals surface area contributed by atoms with Gasteiger partial charge in [-0.25, -0.2) is 0 Å². The zero-order valence-electron chi connectivity index (χ0n) is 11.4. The van der Waals surface area contributed by atoms with Gasteiger partial charge in [-0.05, 0) is 44.4 Å². The molecule has 0 spiro atoms. The van der Waals surface area contributed by atoms with Gasteiger partial charge in [-0.1, -0.05) is 12.1 Å². The zero-order valence-corrected chi connectivity index (χ0v) is 11.4. The van der Waals surface area contributed by atoms with E-state index >= 15 is 0 Å². The van der Waals surface area contributed by atoms with Crippen LogP contribution < -0.4 is 10.1 Å². The molecule has 0 saturated carbocycles. The predicted molar refractivity (Wildman–Crippen MR) is 70.6 cm³/mol. The van der Waals surface area contributed by atoms with Crippen LogP contribution in [0.3, 0.4) is 0 Å². The molecule has 2 N–H and O–H groups in total. The molecule has 0 aromatic heterocycles. The highest BCUT2D eigenvalue weighted by atomic mass is 16.5. The Hall–Kier alpha value is -1.55. The van der Waals surface area contributed by atoms with Crippen molar-refractivity contribution in [3.8, 4) is 5.75 Å². The van der Waals surface area contributed by atoms with Gasteiger partial charge < -0.3 is 15.2 Å². The van der Waals surface area contributed by atoms with Crippen LogP contribution in [0.5, 0.6) is 5.75 Å². The molecule has 1 rings (SSSR count). The van der Waals surface area contributed by atoms with Crippen molar-refractivity contribution in [1.82, 2.24) is 5.32 Å². The van der Waals surface area contributed by atoms with Gasteiger partial charge in [0.05, 0.1) is 6.61 Å². The van der Waals surface area contributed by atoms with Crippen molar-refractivity contribution >= 4 is 5.91 Å². The van der Waals surface area contributed by atoms with Crippen LogP contribution in [-0.4, -0.2) is 23.7 Å². The van der Waals surface area contributed by atoms with Crippen LogP contribution in [0.1, 0.15) is 30.5 Å². The number of hydrogen-bond donors (Lipinski definition) is 2. The lowest BCUT2D eigenvalue weighted by Gasteiger charge is -2.14. The summed E-state index contributed by atoms with van der Waals surface area (Å²) in [7, 11) is 0. The van der Waals surface area contributed by atoms with E-state index in [0.717, 1.165) is 16.7 Å². The lowest BCUT2D eigenvalue weighted by molar-refractivity contribution is -0.123. The molecule has 18 heavy (non-hydrogen) atoms. The van der Waals surface area contributed by atoms with Crippen LogP contribution in [0.4, 0.5) is 0 Å². The number of benzene rings is 1. The molecule has 100 valence electrons. The Morgan fingerprint density at radius 1 is 1.33 bits per heavy atom. The van der Waals surface area contributed by atoms with Crippen LogP contribution in [0.25, 0.3) is 0 Å². The summed E-state index contributed by atoms with van der Waals surface area (Å²) in [5.41, 5.74) is 2.71. The summed E-state index contributed by atoms with van der Waals surface area (Å²) < 4.78 is 5.54. The van der Waals surface area contributed by atoms with E-state index in [4.69, 9.17) is 9.84 Å². The lowest BCUT2D eigenvalue weighted by Crippen LogP contribution is -2.34. The number of aryl methyl sites for hydroxylation is 2. The third-order valence-electron chi connectivity index (χ3n) is 2.50. The average molecular weight is 251 g/mol.